The molecule has 3 aromatic rings. The molecule has 0 aliphatic rings. The van der Waals surface area contributed by atoms with Crippen molar-refractivity contribution in [2.24, 2.45) is 0 Å². The van der Waals surface area contributed by atoms with Crippen LogP contribution in [0.25, 0.3) is 11.3 Å². The molecular formula is C24H28N4O2. The number of rotatable bonds is 6. The quantitative estimate of drug-likeness (QED) is 0.660. The molecule has 30 heavy (non-hydrogen) atoms. The zero-order valence-corrected chi connectivity index (χ0v) is 17.9. The van der Waals surface area contributed by atoms with E-state index in [1.165, 1.54) is 0 Å². The Morgan fingerprint density at radius 2 is 1.67 bits per heavy atom. The number of aromatic nitrogens is 2. The average Bonchev–Trinajstić information content (AvgIpc) is 3.10. The largest absolute Gasteiger partial charge is 0.350 e. The number of benzene rings is 2. The van der Waals surface area contributed by atoms with Gasteiger partial charge >= 0.3 is 0 Å². The Kier molecular flexibility index (Phi) is 6.35. The van der Waals surface area contributed by atoms with Crippen LogP contribution in [0.1, 0.15) is 42.3 Å². The van der Waals surface area contributed by atoms with E-state index in [1.807, 2.05) is 82.3 Å². The fourth-order valence-corrected chi connectivity index (χ4v) is 3.08. The highest BCUT2D eigenvalue weighted by Gasteiger charge is 2.20. The molecule has 156 valence electrons. The molecular weight excluding hydrogens is 376 g/mol. The molecule has 2 N–H and O–H groups in total. The molecule has 6 nitrogen and oxygen atoms in total. The third-order valence-electron chi connectivity index (χ3n) is 4.44. The van der Waals surface area contributed by atoms with Crippen LogP contribution in [0.2, 0.25) is 0 Å². The predicted molar refractivity (Wildman–Crippen MR) is 118 cm³/mol. The molecule has 0 atom stereocenters. The summed E-state index contributed by atoms with van der Waals surface area (Å²) in [5.41, 5.74) is 3.77. The molecule has 0 unspecified atom stereocenters. The van der Waals surface area contributed by atoms with Gasteiger partial charge in [0.15, 0.2) is 0 Å². The van der Waals surface area contributed by atoms with Gasteiger partial charge in [0.25, 0.3) is 5.91 Å². The molecule has 0 aliphatic heterocycles. The SMILES string of the molecule is Cc1ccc(-c2nn(Cc3ccccc3)cc2C(=O)NCC(=O)NC(C)(C)C)cc1. The zero-order valence-electron chi connectivity index (χ0n) is 17.9. The molecule has 0 bridgehead atoms. The maximum Gasteiger partial charge on any atom is 0.255 e. The number of carbonyl (C=O) groups excluding carboxylic acids is 2. The van der Waals surface area contributed by atoms with Gasteiger partial charge in [-0.1, -0.05) is 60.2 Å². The number of hydrogen-bond donors (Lipinski definition) is 2. The summed E-state index contributed by atoms with van der Waals surface area (Å²) in [5, 5.41) is 10.2. The Balaban J connectivity index is 1.84. The Labute approximate surface area is 177 Å². The third kappa shape index (κ3) is 5.80. The Bertz CT molecular complexity index is 1020. The Hall–Kier alpha value is -3.41. The molecule has 2 aromatic carbocycles. The molecule has 0 radical (unpaired) electrons. The zero-order chi connectivity index (χ0) is 21.7. The molecule has 0 saturated heterocycles. The standard InChI is InChI=1S/C24H28N4O2/c1-17-10-12-19(13-11-17)22-20(23(30)25-14-21(29)26-24(2,3)4)16-28(27-22)15-18-8-6-5-7-9-18/h5-13,16H,14-15H2,1-4H3,(H,25,30)(H,26,29). The second-order valence-electron chi connectivity index (χ2n) is 8.42. The summed E-state index contributed by atoms with van der Waals surface area (Å²) in [7, 11) is 0. The summed E-state index contributed by atoms with van der Waals surface area (Å²) in [6.07, 6.45) is 1.74. The molecule has 0 fully saturated rings. The Morgan fingerprint density at radius 1 is 1.00 bits per heavy atom. The molecule has 2 amide bonds. The van der Waals surface area contributed by atoms with Crippen molar-refractivity contribution < 1.29 is 9.59 Å². The van der Waals surface area contributed by atoms with Gasteiger partial charge in [0.05, 0.1) is 18.7 Å². The van der Waals surface area contributed by atoms with Crippen molar-refractivity contribution in [2.75, 3.05) is 6.54 Å². The fourth-order valence-electron chi connectivity index (χ4n) is 3.08. The van der Waals surface area contributed by atoms with Crippen LogP contribution in [-0.4, -0.2) is 33.7 Å². The van der Waals surface area contributed by atoms with E-state index in [-0.39, 0.29) is 23.9 Å². The van der Waals surface area contributed by atoms with Crippen LogP contribution in [0, 0.1) is 6.92 Å². The summed E-state index contributed by atoms with van der Waals surface area (Å²) in [5.74, 6) is -0.557. The molecule has 1 heterocycles. The fraction of sp³-hybridized carbons (Fsp3) is 0.292. The minimum Gasteiger partial charge on any atom is -0.350 e. The molecule has 6 heteroatoms. The van der Waals surface area contributed by atoms with Gasteiger partial charge in [-0.2, -0.15) is 5.10 Å². The van der Waals surface area contributed by atoms with E-state index >= 15 is 0 Å². The highest BCUT2D eigenvalue weighted by Crippen LogP contribution is 2.23. The molecule has 1 aromatic heterocycles. The van der Waals surface area contributed by atoms with E-state index in [0.29, 0.717) is 17.8 Å². The van der Waals surface area contributed by atoms with Crippen LogP contribution in [0.4, 0.5) is 0 Å². The number of carbonyl (C=O) groups is 2. The van der Waals surface area contributed by atoms with Gasteiger partial charge in [0.1, 0.15) is 5.69 Å². The second kappa shape index (κ2) is 8.95. The smallest absolute Gasteiger partial charge is 0.255 e. The molecule has 0 saturated carbocycles. The molecule has 0 aliphatic carbocycles. The highest BCUT2D eigenvalue weighted by atomic mass is 16.2. The molecule has 3 rings (SSSR count). The van der Waals surface area contributed by atoms with Crippen molar-refractivity contribution in [1.29, 1.82) is 0 Å². The summed E-state index contributed by atoms with van der Waals surface area (Å²) in [6.45, 7) is 8.17. The van der Waals surface area contributed by atoms with Gasteiger partial charge in [-0.3, -0.25) is 14.3 Å². The van der Waals surface area contributed by atoms with Gasteiger partial charge in [-0.05, 0) is 33.3 Å². The number of nitrogens with one attached hydrogen (secondary N) is 2. The number of amides is 2. The first-order valence-corrected chi connectivity index (χ1v) is 9.99. The maximum atomic E-state index is 12.9. The van der Waals surface area contributed by atoms with Crippen LogP contribution >= 0.6 is 0 Å². The van der Waals surface area contributed by atoms with Gasteiger partial charge < -0.3 is 10.6 Å². The van der Waals surface area contributed by atoms with Crippen molar-refractivity contribution in [3.63, 3.8) is 0 Å². The second-order valence-corrected chi connectivity index (χ2v) is 8.42. The summed E-state index contributed by atoms with van der Waals surface area (Å²) in [6, 6.07) is 17.8. The van der Waals surface area contributed by atoms with E-state index in [1.54, 1.807) is 10.9 Å². The molecule has 0 spiro atoms. The summed E-state index contributed by atoms with van der Waals surface area (Å²) < 4.78 is 1.76. The van der Waals surface area contributed by atoms with Crippen LogP contribution < -0.4 is 10.6 Å². The highest BCUT2D eigenvalue weighted by molar-refractivity contribution is 6.01. The lowest BCUT2D eigenvalue weighted by Crippen LogP contribution is -2.45. The number of hydrogen-bond acceptors (Lipinski definition) is 3. The number of nitrogens with zero attached hydrogens (tertiary/aromatic N) is 2. The van der Waals surface area contributed by atoms with Crippen molar-refractivity contribution in [3.8, 4) is 11.3 Å². The predicted octanol–water partition coefficient (Wildman–Crippen LogP) is 3.55. The van der Waals surface area contributed by atoms with Crippen LogP contribution in [-0.2, 0) is 11.3 Å². The van der Waals surface area contributed by atoms with Crippen molar-refractivity contribution in [1.82, 2.24) is 20.4 Å². The summed E-state index contributed by atoms with van der Waals surface area (Å²) in [4.78, 5) is 25.0. The lowest BCUT2D eigenvalue weighted by molar-refractivity contribution is -0.121. The lowest BCUT2D eigenvalue weighted by atomic mass is 10.1. The van der Waals surface area contributed by atoms with Gasteiger partial charge in [0.2, 0.25) is 5.91 Å². The minimum absolute atomic E-state index is 0.0900. The topological polar surface area (TPSA) is 76.0 Å². The first-order valence-electron chi connectivity index (χ1n) is 9.99. The van der Waals surface area contributed by atoms with Gasteiger partial charge in [-0.15, -0.1) is 0 Å². The van der Waals surface area contributed by atoms with Gasteiger partial charge in [0, 0.05) is 17.3 Å². The first kappa shape index (κ1) is 21.3. The van der Waals surface area contributed by atoms with Crippen molar-refractivity contribution >= 4 is 11.8 Å². The average molecular weight is 405 g/mol. The van der Waals surface area contributed by atoms with Gasteiger partial charge in [-0.25, -0.2) is 0 Å². The van der Waals surface area contributed by atoms with Crippen molar-refractivity contribution in [3.05, 3.63) is 77.5 Å². The van der Waals surface area contributed by atoms with Crippen molar-refractivity contribution in [2.45, 2.75) is 39.8 Å². The number of aryl methyl sites for hydroxylation is 1. The summed E-state index contributed by atoms with van der Waals surface area (Å²) >= 11 is 0. The lowest BCUT2D eigenvalue weighted by Gasteiger charge is -2.20. The van der Waals surface area contributed by atoms with E-state index in [4.69, 9.17) is 0 Å². The van der Waals surface area contributed by atoms with E-state index in [9.17, 15) is 9.59 Å². The monoisotopic (exact) mass is 404 g/mol. The van der Waals surface area contributed by atoms with E-state index in [0.717, 1.165) is 16.7 Å². The normalized spacial score (nSPS) is 11.2. The van der Waals surface area contributed by atoms with E-state index < -0.39 is 0 Å². The third-order valence-corrected chi connectivity index (χ3v) is 4.44. The minimum atomic E-state index is -0.352. The van der Waals surface area contributed by atoms with Crippen LogP contribution in [0.3, 0.4) is 0 Å². The first-order chi connectivity index (χ1) is 14.2. The Morgan fingerprint density at radius 3 is 2.30 bits per heavy atom. The van der Waals surface area contributed by atoms with Crippen LogP contribution in [0.15, 0.2) is 60.8 Å². The van der Waals surface area contributed by atoms with Crippen LogP contribution in [0.5, 0.6) is 0 Å². The van der Waals surface area contributed by atoms with E-state index in [2.05, 4.69) is 15.7 Å². The maximum absolute atomic E-state index is 12.9.